The van der Waals surface area contributed by atoms with Crippen molar-refractivity contribution in [2.24, 2.45) is 0 Å². The molecular weight excluding hydrogens is 302 g/mol. The Morgan fingerprint density at radius 1 is 1.09 bits per heavy atom. The highest BCUT2D eigenvalue weighted by molar-refractivity contribution is 6.31. The summed E-state index contributed by atoms with van der Waals surface area (Å²) in [5.74, 6) is -0.841. The normalized spacial score (nSPS) is 11.5. The van der Waals surface area contributed by atoms with Gasteiger partial charge in [-0.25, -0.2) is 4.79 Å². The van der Waals surface area contributed by atoms with Crippen molar-refractivity contribution in [2.75, 3.05) is 7.11 Å². The molecule has 0 bridgehead atoms. The zero-order valence-electron chi connectivity index (χ0n) is 12.1. The van der Waals surface area contributed by atoms with Gasteiger partial charge in [-0.15, -0.1) is 0 Å². The average molecular weight is 318 g/mol. The first-order valence-corrected chi connectivity index (χ1v) is 7.16. The topological polar surface area (TPSA) is 55.4 Å². The third kappa shape index (κ3) is 4.09. The number of methoxy groups -OCH3 is 1. The summed E-state index contributed by atoms with van der Waals surface area (Å²) in [6.07, 6.45) is 0.269. The highest BCUT2D eigenvalue weighted by Gasteiger charge is 2.23. The van der Waals surface area contributed by atoms with Gasteiger partial charge in [0, 0.05) is 17.0 Å². The van der Waals surface area contributed by atoms with Crippen molar-refractivity contribution in [1.82, 2.24) is 5.32 Å². The number of nitrogens with one attached hydrogen (secondary N) is 1. The largest absolute Gasteiger partial charge is 0.467 e. The molecule has 114 valence electrons. The van der Waals surface area contributed by atoms with E-state index in [1.807, 2.05) is 24.3 Å². The van der Waals surface area contributed by atoms with Gasteiger partial charge in [0.1, 0.15) is 6.04 Å². The lowest BCUT2D eigenvalue weighted by Crippen LogP contribution is -2.43. The summed E-state index contributed by atoms with van der Waals surface area (Å²) in [4.78, 5) is 24.1. The van der Waals surface area contributed by atoms with Gasteiger partial charge in [-0.05, 0) is 23.8 Å². The van der Waals surface area contributed by atoms with E-state index in [4.69, 9.17) is 16.3 Å². The first-order valence-electron chi connectivity index (χ1n) is 6.79. The van der Waals surface area contributed by atoms with E-state index in [0.29, 0.717) is 10.6 Å². The number of esters is 1. The summed E-state index contributed by atoms with van der Waals surface area (Å²) in [7, 11) is 1.29. The van der Waals surface area contributed by atoms with Crippen LogP contribution in [-0.2, 0) is 16.0 Å². The summed E-state index contributed by atoms with van der Waals surface area (Å²) in [6.45, 7) is 0. The number of carbonyl (C=O) groups is 2. The molecule has 0 radical (unpaired) electrons. The zero-order valence-corrected chi connectivity index (χ0v) is 12.8. The van der Waals surface area contributed by atoms with Crippen molar-refractivity contribution in [3.63, 3.8) is 0 Å². The molecule has 1 amide bonds. The maximum absolute atomic E-state index is 12.2. The lowest BCUT2D eigenvalue weighted by molar-refractivity contribution is -0.142. The second-order valence-electron chi connectivity index (χ2n) is 4.71. The van der Waals surface area contributed by atoms with E-state index in [0.717, 1.165) is 5.56 Å². The number of hydrogen-bond acceptors (Lipinski definition) is 3. The molecule has 4 nitrogen and oxygen atoms in total. The molecule has 1 N–H and O–H groups in total. The average Bonchev–Trinajstić information content (AvgIpc) is 2.56. The summed E-state index contributed by atoms with van der Waals surface area (Å²) >= 11 is 6.10. The maximum atomic E-state index is 12.2. The predicted octanol–water partition coefficient (Wildman–Crippen LogP) is 2.85. The Morgan fingerprint density at radius 3 is 2.36 bits per heavy atom. The molecule has 2 aromatic rings. The molecule has 0 aromatic heterocycles. The predicted molar refractivity (Wildman–Crippen MR) is 84.9 cm³/mol. The van der Waals surface area contributed by atoms with Gasteiger partial charge < -0.3 is 10.1 Å². The molecule has 0 aliphatic heterocycles. The van der Waals surface area contributed by atoms with Crippen LogP contribution >= 0.6 is 11.6 Å². The zero-order chi connectivity index (χ0) is 15.9. The summed E-state index contributed by atoms with van der Waals surface area (Å²) in [5.41, 5.74) is 1.25. The molecule has 0 fully saturated rings. The molecule has 0 saturated heterocycles. The molecule has 5 heteroatoms. The molecule has 0 saturated carbocycles. The van der Waals surface area contributed by atoms with E-state index >= 15 is 0 Å². The van der Waals surface area contributed by atoms with Gasteiger partial charge in [-0.2, -0.15) is 0 Å². The van der Waals surface area contributed by atoms with Gasteiger partial charge in [0.25, 0.3) is 5.91 Å². The van der Waals surface area contributed by atoms with Crippen LogP contribution in [0.2, 0.25) is 5.02 Å². The van der Waals surface area contributed by atoms with Crippen LogP contribution in [0.15, 0.2) is 54.6 Å². The molecule has 2 aromatic carbocycles. The highest BCUT2D eigenvalue weighted by Crippen LogP contribution is 2.17. The Hall–Kier alpha value is -2.33. The quantitative estimate of drug-likeness (QED) is 0.863. The molecule has 0 spiro atoms. The first kappa shape index (κ1) is 16.0. The number of amides is 1. The van der Waals surface area contributed by atoms with Gasteiger partial charge in [-0.1, -0.05) is 48.0 Å². The van der Waals surface area contributed by atoms with Gasteiger partial charge in [0.05, 0.1) is 7.11 Å². The fourth-order valence-corrected chi connectivity index (χ4v) is 2.26. The number of benzene rings is 2. The van der Waals surface area contributed by atoms with Crippen molar-refractivity contribution in [2.45, 2.75) is 12.5 Å². The van der Waals surface area contributed by atoms with E-state index in [9.17, 15) is 9.59 Å². The monoisotopic (exact) mass is 317 g/mol. The highest BCUT2D eigenvalue weighted by atomic mass is 35.5. The molecule has 0 aliphatic rings. The Labute approximate surface area is 134 Å². The number of halogens is 1. The van der Waals surface area contributed by atoms with Crippen molar-refractivity contribution in [1.29, 1.82) is 0 Å². The molecular formula is C17H16ClNO3. The minimum Gasteiger partial charge on any atom is -0.467 e. The second kappa shape index (κ2) is 7.61. The molecule has 22 heavy (non-hydrogen) atoms. The summed E-state index contributed by atoms with van der Waals surface area (Å²) in [5, 5.41) is 3.23. The van der Waals surface area contributed by atoms with Crippen LogP contribution in [-0.4, -0.2) is 25.0 Å². The second-order valence-corrected chi connectivity index (χ2v) is 5.12. The van der Waals surface area contributed by atoms with Gasteiger partial charge in [0.2, 0.25) is 0 Å². The van der Waals surface area contributed by atoms with Crippen molar-refractivity contribution < 1.29 is 14.3 Å². The van der Waals surface area contributed by atoms with Crippen molar-refractivity contribution in [3.8, 4) is 0 Å². The van der Waals surface area contributed by atoms with Crippen molar-refractivity contribution >= 4 is 23.5 Å². The van der Waals surface area contributed by atoms with E-state index in [-0.39, 0.29) is 12.3 Å². The molecule has 2 rings (SSSR count). The standard InChI is InChI=1S/C17H16ClNO3/c1-22-17(21)15(11-13-9-5-6-10-14(13)18)19-16(20)12-7-3-2-4-8-12/h2-10,15H,11H2,1H3,(H,19,20)/t15-/m1/s1. The number of carbonyl (C=O) groups excluding carboxylic acids is 2. The van der Waals surface area contributed by atoms with Crippen LogP contribution in [0.1, 0.15) is 15.9 Å². The first-order chi connectivity index (χ1) is 10.6. The Morgan fingerprint density at radius 2 is 1.73 bits per heavy atom. The third-order valence-corrected chi connectivity index (χ3v) is 3.58. The Bertz CT molecular complexity index is 658. The number of ether oxygens (including phenoxy) is 1. The Balaban J connectivity index is 2.15. The molecule has 0 heterocycles. The summed E-state index contributed by atoms with van der Waals surface area (Å²) in [6, 6.07) is 15.1. The lowest BCUT2D eigenvalue weighted by Gasteiger charge is -2.17. The van der Waals surface area contributed by atoms with E-state index in [1.54, 1.807) is 30.3 Å². The summed E-state index contributed by atoms with van der Waals surface area (Å²) < 4.78 is 4.76. The molecule has 0 aliphatic carbocycles. The maximum Gasteiger partial charge on any atom is 0.328 e. The van der Waals surface area contributed by atoms with Crippen molar-refractivity contribution in [3.05, 3.63) is 70.7 Å². The minimum absolute atomic E-state index is 0.269. The van der Waals surface area contributed by atoms with Gasteiger partial charge >= 0.3 is 5.97 Å². The van der Waals surface area contributed by atoms with Crippen LogP contribution in [0, 0.1) is 0 Å². The smallest absolute Gasteiger partial charge is 0.328 e. The lowest BCUT2D eigenvalue weighted by atomic mass is 10.1. The van der Waals surface area contributed by atoms with Crippen LogP contribution in [0.5, 0.6) is 0 Å². The van der Waals surface area contributed by atoms with E-state index in [1.165, 1.54) is 7.11 Å². The fraction of sp³-hybridized carbons (Fsp3) is 0.176. The Kier molecular flexibility index (Phi) is 5.55. The van der Waals surface area contributed by atoms with E-state index in [2.05, 4.69) is 5.32 Å². The van der Waals surface area contributed by atoms with Gasteiger partial charge in [-0.3, -0.25) is 4.79 Å². The molecule has 1 atom stereocenters. The third-order valence-electron chi connectivity index (χ3n) is 3.21. The minimum atomic E-state index is -0.794. The van der Waals surface area contributed by atoms with Crippen LogP contribution in [0.4, 0.5) is 0 Å². The number of rotatable bonds is 5. The van der Waals surface area contributed by atoms with Gasteiger partial charge in [0.15, 0.2) is 0 Å². The fourth-order valence-electron chi connectivity index (χ4n) is 2.05. The van der Waals surface area contributed by atoms with Crippen LogP contribution < -0.4 is 5.32 Å². The number of hydrogen-bond donors (Lipinski definition) is 1. The van der Waals surface area contributed by atoms with Crippen LogP contribution in [0.3, 0.4) is 0 Å². The molecule has 0 unspecified atom stereocenters. The SMILES string of the molecule is COC(=O)[C@@H](Cc1ccccc1Cl)NC(=O)c1ccccc1. The van der Waals surface area contributed by atoms with E-state index < -0.39 is 12.0 Å². The van der Waals surface area contributed by atoms with Crippen LogP contribution in [0.25, 0.3) is 0 Å².